The van der Waals surface area contributed by atoms with E-state index in [2.05, 4.69) is 6.07 Å². The van der Waals surface area contributed by atoms with Gasteiger partial charge in [-0.15, -0.1) is 0 Å². The van der Waals surface area contributed by atoms with Crippen LogP contribution in [0.25, 0.3) is 11.0 Å². The molecule has 0 spiro atoms. The molecule has 3 nitrogen and oxygen atoms in total. The molecule has 0 saturated heterocycles. The summed E-state index contributed by atoms with van der Waals surface area (Å²) < 4.78 is 11.2. The Kier molecular flexibility index (Phi) is 2.90. The zero-order valence-electron chi connectivity index (χ0n) is 10.1. The molecule has 0 saturated carbocycles. The molecule has 3 rings (SSSR count). The van der Waals surface area contributed by atoms with Gasteiger partial charge in [-0.25, -0.2) is 0 Å². The van der Waals surface area contributed by atoms with Gasteiger partial charge < -0.3 is 14.6 Å². The zero-order chi connectivity index (χ0) is 12.4. The van der Waals surface area contributed by atoms with E-state index in [1.165, 1.54) is 0 Å². The van der Waals surface area contributed by atoms with Gasteiger partial charge >= 0.3 is 0 Å². The van der Waals surface area contributed by atoms with Crippen LogP contribution >= 0.6 is 0 Å². The van der Waals surface area contributed by atoms with Crippen LogP contribution in [0.1, 0.15) is 17.1 Å². The van der Waals surface area contributed by atoms with E-state index in [1.54, 1.807) is 6.26 Å². The number of rotatable bonds is 4. The summed E-state index contributed by atoms with van der Waals surface area (Å²) in [6.07, 6.45) is 3.34. The number of nitrogens with two attached hydrogens (primary N) is 1. The quantitative estimate of drug-likeness (QED) is 0.763. The lowest BCUT2D eigenvalue weighted by molar-refractivity contribution is 0.473. The van der Waals surface area contributed by atoms with Crippen LogP contribution in [0.15, 0.2) is 51.5 Å². The highest BCUT2D eigenvalue weighted by atomic mass is 16.3. The van der Waals surface area contributed by atoms with Crippen LogP contribution in [-0.4, -0.2) is 6.54 Å². The van der Waals surface area contributed by atoms with Gasteiger partial charge in [-0.1, -0.05) is 18.2 Å². The molecule has 92 valence electrons. The van der Waals surface area contributed by atoms with Crippen LogP contribution in [0.5, 0.6) is 0 Å². The Balaban J connectivity index is 1.87. The second-order valence-electron chi connectivity index (χ2n) is 4.34. The smallest absolute Gasteiger partial charge is 0.134 e. The number of benzene rings is 1. The molecule has 0 fully saturated rings. The van der Waals surface area contributed by atoms with E-state index >= 15 is 0 Å². The van der Waals surface area contributed by atoms with E-state index in [4.69, 9.17) is 14.6 Å². The molecule has 0 bridgehead atoms. The largest absolute Gasteiger partial charge is 0.466 e. The number of para-hydroxylation sites is 1. The topological polar surface area (TPSA) is 52.3 Å². The fraction of sp³-hybridized carbons (Fsp3) is 0.200. The molecule has 2 heterocycles. The standard InChI is InChI=1S/C15H15NO2/c16-8-7-12-5-6-13(18-12)9-11-10-17-15-4-2-1-3-14(11)15/h1-6,10H,7-9,16H2. The maximum atomic E-state index is 5.72. The average molecular weight is 241 g/mol. The van der Waals surface area contributed by atoms with Gasteiger partial charge in [0.25, 0.3) is 0 Å². The molecule has 0 aliphatic rings. The van der Waals surface area contributed by atoms with Crippen LogP contribution in [-0.2, 0) is 12.8 Å². The van der Waals surface area contributed by atoms with Crippen LogP contribution in [0.4, 0.5) is 0 Å². The number of fused-ring (bicyclic) bond motifs is 1. The normalized spacial score (nSPS) is 11.2. The maximum absolute atomic E-state index is 5.72. The Bertz CT molecular complexity index is 651. The molecule has 0 amide bonds. The van der Waals surface area contributed by atoms with Crippen molar-refractivity contribution in [3.05, 3.63) is 59.7 Å². The van der Waals surface area contributed by atoms with E-state index in [0.29, 0.717) is 6.54 Å². The molecule has 2 aromatic heterocycles. The molecular weight excluding hydrogens is 226 g/mol. The summed E-state index contributed by atoms with van der Waals surface area (Å²) >= 11 is 0. The van der Waals surface area contributed by atoms with Crippen molar-refractivity contribution >= 4 is 11.0 Å². The van der Waals surface area contributed by atoms with Crippen LogP contribution in [0.3, 0.4) is 0 Å². The SMILES string of the molecule is NCCc1ccc(Cc2coc3ccccc23)o1. The predicted molar refractivity (Wildman–Crippen MR) is 70.5 cm³/mol. The zero-order valence-corrected chi connectivity index (χ0v) is 10.1. The molecule has 0 aliphatic heterocycles. The van der Waals surface area contributed by atoms with Crippen LogP contribution < -0.4 is 5.73 Å². The molecule has 0 aliphatic carbocycles. The molecule has 2 N–H and O–H groups in total. The number of hydrogen-bond acceptors (Lipinski definition) is 3. The highest BCUT2D eigenvalue weighted by Crippen LogP contribution is 2.23. The lowest BCUT2D eigenvalue weighted by Crippen LogP contribution is -2.01. The third-order valence-electron chi connectivity index (χ3n) is 3.03. The van der Waals surface area contributed by atoms with E-state index in [1.807, 2.05) is 30.3 Å². The first-order valence-electron chi connectivity index (χ1n) is 6.09. The fourth-order valence-electron chi connectivity index (χ4n) is 2.15. The fourth-order valence-corrected chi connectivity index (χ4v) is 2.15. The third kappa shape index (κ3) is 2.05. The predicted octanol–water partition coefficient (Wildman–Crippen LogP) is 3.12. The van der Waals surface area contributed by atoms with Crippen LogP contribution in [0, 0.1) is 0 Å². The second-order valence-corrected chi connectivity index (χ2v) is 4.34. The van der Waals surface area contributed by atoms with Crippen LogP contribution in [0.2, 0.25) is 0 Å². The first-order valence-corrected chi connectivity index (χ1v) is 6.09. The van der Waals surface area contributed by atoms with Gasteiger partial charge in [0.15, 0.2) is 0 Å². The van der Waals surface area contributed by atoms with Gasteiger partial charge in [-0.05, 0) is 24.7 Å². The van der Waals surface area contributed by atoms with Gasteiger partial charge in [0, 0.05) is 23.8 Å². The monoisotopic (exact) mass is 241 g/mol. The Morgan fingerprint density at radius 2 is 1.83 bits per heavy atom. The van der Waals surface area contributed by atoms with Crippen molar-refractivity contribution in [1.29, 1.82) is 0 Å². The molecular formula is C15H15NO2. The van der Waals surface area contributed by atoms with Crippen molar-refractivity contribution in [2.45, 2.75) is 12.8 Å². The minimum atomic E-state index is 0.613. The first kappa shape index (κ1) is 11.1. The number of furan rings is 2. The van der Waals surface area contributed by atoms with E-state index in [0.717, 1.165) is 40.9 Å². The van der Waals surface area contributed by atoms with Crippen molar-refractivity contribution in [2.24, 2.45) is 5.73 Å². The molecule has 0 atom stereocenters. The summed E-state index contributed by atoms with van der Waals surface area (Å²) in [6.45, 7) is 0.613. The minimum Gasteiger partial charge on any atom is -0.466 e. The third-order valence-corrected chi connectivity index (χ3v) is 3.03. The summed E-state index contributed by atoms with van der Waals surface area (Å²) in [5.41, 5.74) is 7.58. The van der Waals surface area contributed by atoms with Crippen molar-refractivity contribution in [3.8, 4) is 0 Å². The highest BCUT2D eigenvalue weighted by molar-refractivity contribution is 5.81. The highest BCUT2D eigenvalue weighted by Gasteiger charge is 2.08. The summed E-state index contributed by atoms with van der Waals surface area (Å²) in [4.78, 5) is 0. The van der Waals surface area contributed by atoms with E-state index in [9.17, 15) is 0 Å². The Morgan fingerprint density at radius 3 is 2.72 bits per heavy atom. The molecule has 18 heavy (non-hydrogen) atoms. The van der Waals surface area contributed by atoms with Gasteiger partial charge in [-0.2, -0.15) is 0 Å². The minimum absolute atomic E-state index is 0.613. The van der Waals surface area contributed by atoms with Crippen molar-refractivity contribution < 1.29 is 8.83 Å². The molecule has 3 aromatic rings. The molecule has 3 heteroatoms. The molecule has 1 aromatic carbocycles. The summed E-state index contributed by atoms with van der Waals surface area (Å²) in [6, 6.07) is 12.0. The first-order chi connectivity index (χ1) is 8.86. The lowest BCUT2D eigenvalue weighted by Gasteiger charge is -1.95. The van der Waals surface area contributed by atoms with Crippen molar-refractivity contribution in [3.63, 3.8) is 0 Å². The van der Waals surface area contributed by atoms with Gasteiger partial charge in [0.1, 0.15) is 17.1 Å². The van der Waals surface area contributed by atoms with Gasteiger partial charge in [-0.3, -0.25) is 0 Å². The lowest BCUT2D eigenvalue weighted by atomic mass is 10.1. The average Bonchev–Trinajstić information content (AvgIpc) is 2.99. The van der Waals surface area contributed by atoms with E-state index in [-0.39, 0.29) is 0 Å². The van der Waals surface area contributed by atoms with Crippen molar-refractivity contribution in [1.82, 2.24) is 0 Å². The Labute approximate surface area is 105 Å². The van der Waals surface area contributed by atoms with Gasteiger partial charge in [0.05, 0.1) is 6.26 Å². The van der Waals surface area contributed by atoms with Crippen molar-refractivity contribution in [2.75, 3.05) is 6.54 Å². The molecule has 0 radical (unpaired) electrons. The second kappa shape index (κ2) is 4.70. The summed E-state index contributed by atoms with van der Waals surface area (Å²) in [5.74, 6) is 1.89. The maximum Gasteiger partial charge on any atom is 0.134 e. The summed E-state index contributed by atoms with van der Waals surface area (Å²) in [5, 5.41) is 1.15. The molecule has 0 unspecified atom stereocenters. The van der Waals surface area contributed by atoms with Gasteiger partial charge in [0.2, 0.25) is 0 Å². The Morgan fingerprint density at radius 1 is 1.00 bits per heavy atom. The van der Waals surface area contributed by atoms with E-state index < -0.39 is 0 Å². The summed E-state index contributed by atoms with van der Waals surface area (Å²) in [7, 11) is 0. The Hall–Kier alpha value is -2.00. The number of hydrogen-bond donors (Lipinski definition) is 1.